The van der Waals surface area contributed by atoms with E-state index in [9.17, 15) is 19.8 Å². The fourth-order valence-corrected chi connectivity index (χ4v) is 5.78. The summed E-state index contributed by atoms with van der Waals surface area (Å²) in [5, 5.41) is 32.8. The molecule has 4 N–H and O–H groups in total. The van der Waals surface area contributed by atoms with Crippen LogP contribution in [0.5, 0.6) is 11.5 Å². The van der Waals surface area contributed by atoms with Gasteiger partial charge in [-0.2, -0.15) is 0 Å². The van der Waals surface area contributed by atoms with Crippen molar-refractivity contribution in [2.75, 3.05) is 20.3 Å². The molecule has 0 aromatic heterocycles. The predicted molar refractivity (Wildman–Crippen MR) is 138 cm³/mol. The fraction of sp³-hybridized carbons (Fsp3) is 0.600. The first kappa shape index (κ1) is 27.7. The highest BCUT2D eigenvalue weighted by Crippen LogP contribution is 2.38. The second-order valence-corrected chi connectivity index (χ2v) is 10.2. The molecule has 2 aliphatic carbocycles. The van der Waals surface area contributed by atoms with Crippen molar-refractivity contribution in [3.63, 3.8) is 0 Å². The Morgan fingerprint density at radius 3 is 2.51 bits per heavy atom. The van der Waals surface area contributed by atoms with Crippen LogP contribution in [0.25, 0.3) is 0 Å². The molecule has 1 fully saturated rings. The van der Waals surface area contributed by atoms with E-state index < -0.39 is 18.2 Å². The molecule has 0 saturated heterocycles. The first-order valence-electron chi connectivity index (χ1n) is 12.0. The van der Waals surface area contributed by atoms with Gasteiger partial charge in [-0.25, -0.2) is 0 Å². The molecular weight excluding hydrogens is 567 g/mol. The molecule has 0 radical (unpaired) electrons. The third-order valence-corrected chi connectivity index (χ3v) is 7.43. The summed E-state index contributed by atoms with van der Waals surface area (Å²) in [5.74, 6) is 0.268. The number of halogens is 1. The van der Waals surface area contributed by atoms with Crippen molar-refractivity contribution in [3.05, 3.63) is 32.9 Å². The molecule has 0 aliphatic heterocycles. The third-order valence-electron chi connectivity index (χ3n) is 6.63. The molecule has 10 heteroatoms. The van der Waals surface area contributed by atoms with Crippen molar-refractivity contribution in [1.29, 1.82) is 0 Å². The quantitative estimate of drug-likeness (QED) is 0.318. The Hall–Kier alpha value is -1.89. The summed E-state index contributed by atoms with van der Waals surface area (Å²) in [4.78, 5) is 27.4. The average molecular weight is 602 g/mol. The van der Waals surface area contributed by atoms with Gasteiger partial charge in [-0.1, -0.05) is 19.3 Å². The van der Waals surface area contributed by atoms with Gasteiger partial charge in [0.05, 0.1) is 29.9 Å². The predicted octanol–water partition coefficient (Wildman–Crippen LogP) is 1.89. The molecule has 9 nitrogen and oxygen atoms in total. The monoisotopic (exact) mass is 602 g/mol. The molecule has 194 valence electrons. The Kier molecular flexibility index (Phi) is 10.2. The summed E-state index contributed by atoms with van der Waals surface area (Å²) < 4.78 is 12.4. The number of hydrogen-bond acceptors (Lipinski definition) is 7. The van der Waals surface area contributed by atoms with Gasteiger partial charge in [0.1, 0.15) is 12.2 Å². The maximum Gasteiger partial charge on any atom is 0.247 e. The van der Waals surface area contributed by atoms with Crippen LogP contribution in [0.1, 0.15) is 51.0 Å². The van der Waals surface area contributed by atoms with Crippen LogP contribution >= 0.6 is 22.6 Å². The number of nitrogens with one attached hydrogen (secondary N) is 1. The molecule has 0 spiro atoms. The Morgan fingerprint density at radius 1 is 1.20 bits per heavy atom. The maximum atomic E-state index is 12.9. The Morgan fingerprint density at radius 2 is 1.91 bits per heavy atom. The molecule has 2 aliphatic rings. The lowest BCUT2D eigenvalue weighted by Gasteiger charge is -2.44. The van der Waals surface area contributed by atoms with Crippen LogP contribution in [-0.4, -0.2) is 76.6 Å². The number of methoxy groups -OCH3 is 1. The number of hydrogen-bond donors (Lipinski definition) is 4. The first-order valence-corrected chi connectivity index (χ1v) is 13.1. The molecule has 0 heterocycles. The minimum absolute atomic E-state index is 0.0000806. The largest absolute Gasteiger partial charge is 0.493 e. The van der Waals surface area contributed by atoms with Gasteiger partial charge in [0, 0.05) is 31.5 Å². The van der Waals surface area contributed by atoms with E-state index >= 15 is 0 Å². The van der Waals surface area contributed by atoms with Gasteiger partial charge in [-0.3, -0.25) is 9.59 Å². The summed E-state index contributed by atoms with van der Waals surface area (Å²) in [6.45, 7) is 1.24. The van der Waals surface area contributed by atoms with Crippen molar-refractivity contribution in [2.24, 2.45) is 0 Å². The van der Waals surface area contributed by atoms with Crippen molar-refractivity contribution in [1.82, 2.24) is 10.2 Å². The number of rotatable bonds is 9. The van der Waals surface area contributed by atoms with E-state index in [2.05, 4.69) is 27.9 Å². The second kappa shape index (κ2) is 12.9. The lowest BCUT2D eigenvalue weighted by Crippen LogP contribution is -2.58. The fourth-order valence-electron chi connectivity index (χ4n) is 4.98. The Labute approximate surface area is 219 Å². The number of aliphatic hydroxyl groups is 3. The minimum atomic E-state index is -1.08. The number of carbonyl (C=O) groups is 2. The van der Waals surface area contributed by atoms with Crippen LogP contribution in [-0.2, 0) is 16.2 Å². The maximum absolute atomic E-state index is 12.9. The number of benzene rings is 1. The standard InChI is InChI=1S/C25H35IN2O7/c1-15(31)28(18-6-4-3-5-7-18)20-12-17(25(33)27-8-9-29)13-21(23(20)32)35-24-19(26)10-16(14-30)11-22(24)34-2/h10-11,13,18,20-21,23,29-30,32H,3-9,12,14H2,1-2H3,(H,27,33)/t20-,21+,23+/m1/s1. The number of carbonyl (C=O) groups excluding carboxylic acids is 2. The minimum Gasteiger partial charge on any atom is -0.493 e. The zero-order valence-corrected chi connectivity index (χ0v) is 22.4. The van der Waals surface area contributed by atoms with E-state index in [0.717, 1.165) is 32.1 Å². The van der Waals surface area contributed by atoms with Gasteiger partial charge in [0.2, 0.25) is 11.8 Å². The zero-order valence-electron chi connectivity index (χ0n) is 20.2. The highest BCUT2D eigenvalue weighted by atomic mass is 127. The van der Waals surface area contributed by atoms with Crippen molar-refractivity contribution in [2.45, 2.75) is 76.3 Å². The van der Waals surface area contributed by atoms with Gasteiger partial charge < -0.3 is 35.0 Å². The van der Waals surface area contributed by atoms with Gasteiger partial charge in [-0.05, 0) is 59.2 Å². The Balaban J connectivity index is 1.98. The topological polar surface area (TPSA) is 129 Å². The van der Waals surface area contributed by atoms with Crippen LogP contribution in [0.3, 0.4) is 0 Å². The SMILES string of the molecule is COc1cc(CO)cc(I)c1O[C@H]1C=C(C(=O)NCCO)C[C@@H](N(C(C)=O)C2CCCCC2)[C@@H]1O. The van der Waals surface area contributed by atoms with Crippen LogP contribution < -0.4 is 14.8 Å². The molecule has 1 aromatic carbocycles. The summed E-state index contributed by atoms with van der Waals surface area (Å²) in [7, 11) is 1.49. The normalized spacial score (nSPS) is 22.8. The highest BCUT2D eigenvalue weighted by molar-refractivity contribution is 14.1. The van der Waals surface area contributed by atoms with E-state index in [1.165, 1.54) is 14.0 Å². The summed E-state index contributed by atoms with van der Waals surface area (Å²) >= 11 is 2.07. The van der Waals surface area contributed by atoms with Crippen molar-refractivity contribution < 1.29 is 34.4 Å². The molecule has 1 saturated carbocycles. The van der Waals surface area contributed by atoms with E-state index in [1.807, 2.05) is 0 Å². The van der Waals surface area contributed by atoms with Crippen LogP contribution in [0.4, 0.5) is 0 Å². The smallest absolute Gasteiger partial charge is 0.247 e. The van der Waals surface area contributed by atoms with Crippen LogP contribution in [0, 0.1) is 3.57 Å². The molecule has 3 atom stereocenters. The lowest BCUT2D eigenvalue weighted by molar-refractivity contribution is -0.140. The number of nitrogens with zero attached hydrogens (tertiary/aromatic N) is 1. The van der Waals surface area contributed by atoms with E-state index in [1.54, 1.807) is 23.1 Å². The van der Waals surface area contributed by atoms with E-state index in [-0.39, 0.29) is 44.0 Å². The number of ether oxygens (including phenoxy) is 2. The zero-order chi connectivity index (χ0) is 25.5. The molecule has 35 heavy (non-hydrogen) atoms. The molecule has 3 rings (SSSR count). The van der Waals surface area contributed by atoms with E-state index in [0.29, 0.717) is 26.2 Å². The molecule has 2 amide bonds. The summed E-state index contributed by atoms with van der Waals surface area (Å²) in [6, 6.07) is 2.78. The third kappa shape index (κ3) is 6.66. The second-order valence-electron chi connectivity index (χ2n) is 9.00. The highest BCUT2D eigenvalue weighted by Gasteiger charge is 2.42. The van der Waals surface area contributed by atoms with Crippen molar-refractivity contribution in [3.8, 4) is 11.5 Å². The van der Waals surface area contributed by atoms with Gasteiger partial charge >= 0.3 is 0 Å². The first-order chi connectivity index (χ1) is 16.8. The lowest BCUT2D eigenvalue weighted by atomic mass is 9.85. The summed E-state index contributed by atoms with van der Waals surface area (Å²) in [6.07, 6.45) is 4.65. The average Bonchev–Trinajstić information content (AvgIpc) is 2.85. The molecule has 0 bridgehead atoms. The summed E-state index contributed by atoms with van der Waals surface area (Å²) in [5.41, 5.74) is 1.04. The van der Waals surface area contributed by atoms with Crippen LogP contribution in [0.15, 0.2) is 23.8 Å². The van der Waals surface area contributed by atoms with Crippen LogP contribution in [0.2, 0.25) is 0 Å². The number of amides is 2. The van der Waals surface area contributed by atoms with Gasteiger partial charge in [0.15, 0.2) is 11.5 Å². The van der Waals surface area contributed by atoms with Crippen molar-refractivity contribution >= 4 is 34.4 Å². The Bertz CT molecular complexity index is 933. The molecule has 0 unspecified atom stereocenters. The molecular formula is C25H35IN2O7. The van der Waals surface area contributed by atoms with E-state index in [4.69, 9.17) is 14.6 Å². The van der Waals surface area contributed by atoms with Gasteiger partial charge in [0.25, 0.3) is 0 Å². The molecule has 1 aromatic rings. The number of aliphatic hydroxyl groups excluding tert-OH is 3. The van der Waals surface area contributed by atoms with Gasteiger partial charge in [-0.15, -0.1) is 0 Å².